The highest BCUT2D eigenvalue weighted by Crippen LogP contribution is 2.54. The van der Waals surface area contributed by atoms with Crippen molar-refractivity contribution in [2.24, 2.45) is 0 Å². The molecule has 0 saturated carbocycles. The molecular formula is C11F16O. The Hall–Kier alpha value is -1.94. The molecule has 0 aliphatic rings. The molecule has 0 fully saturated rings. The van der Waals surface area contributed by atoms with Crippen LogP contribution in [0, 0.1) is 29.1 Å². The summed E-state index contributed by atoms with van der Waals surface area (Å²) in [5, 5.41) is 0. The fourth-order valence-corrected chi connectivity index (χ4v) is 1.54. The molecule has 0 radical (unpaired) electrons. The van der Waals surface area contributed by atoms with Gasteiger partial charge in [-0.1, -0.05) is 0 Å². The van der Waals surface area contributed by atoms with Crippen LogP contribution in [0.15, 0.2) is 0 Å². The Kier molecular flexibility index (Phi) is 5.64. The van der Waals surface area contributed by atoms with Gasteiger partial charge in [-0.3, -0.25) is 4.74 Å². The summed E-state index contributed by atoms with van der Waals surface area (Å²) in [5.41, 5.74) is -3.92. The van der Waals surface area contributed by atoms with Crippen LogP contribution in [0.25, 0.3) is 0 Å². The largest absolute Gasteiger partial charge is 0.462 e. The Balaban J connectivity index is 3.84. The summed E-state index contributed by atoms with van der Waals surface area (Å²) in [6.45, 7) is 0. The van der Waals surface area contributed by atoms with E-state index in [2.05, 4.69) is 0 Å². The number of rotatable bonds is 4. The average molecular weight is 452 g/mol. The molecule has 28 heavy (non-hydrogen) atoms. The quantitative estimate of drug-likeness (QED) is 0.316. The van der Waals surface area contributed by atoms with Crippen molar-refractivity contribution in [3.63, 3.8) is 0 Å². The van der Waals surface area contributed by atoms with Crippen LogP contribution < -0.4 is 0 Å². The van der Waals surface area contributed by atoms with Crippen molar-refractivity contribution in [2.75, 3.05) is 0 Å². The molecule has 0 spiro atoms. The predicted octanol–water partition coefficient (Wildman–Crippen LogP) is 5.87. The van der Waals surface area contributed by atoms with Gasteiger partial charge in [0.15, 0.2) is 23.3 Å². The summed E-state index contributed by atoms with van der Waals surface area (Å²) in [6.07, 6.45) is -22.3. The molecule has 0 aromatic heterocycles. The van der Waals surface area contributed by atoms with Crippen molar-refractivity contribution < 1.29 is 75.0 Å². The van der Waals surface area contributed by atoms with Crippen LogP contribution in [0.3, 0.4) is 0 Å². The summed E-state index contributed by atoms with van der Waals surface area (Å²) in [6, 6.07) is 0. The average Bonchev–Trinajstić information content (AvgIpc) is 2.48. The minimum atomic E-state index is -7.59. The molecule has 1 nitrogen and oxygen atoms in total. The monoisotopic (exact) mass is 452 g/mol. The number of hydrogen-bond acceptors (Lipinski definition) is 1. The Morgan fingerprint density at radius 2 is 0.786 bits per heavy atom. The molecule has 0 amide bonds. The number of hydrogen-bond donors (Lipinski definition) is 0. The number of halogens is 16. The van der Waals surface area contributed by atoms with Gasteiger partial charge in [0.25, 0.3) is 0 Å². The fourth-order valence-electron chi connectivity index (χ4n) is 1.54. The van der Waals surface area contributed by atoms with E-state index in [9.17, 15) is 70.2 Å². The van der Waals surface area contributed by atoms with Crippen LogP contribution in [0.5, 0.6) is 0 Å². The van der Waals surface area contributed by atoms with Gasteiger partial charge in [0.2, 0.25) is 5.82 Å². The molecule has 1 rings (SSSR count). The van der Waals surface area contributed by atoms with E-state index in [0.717, 1.165) is 0 Å². The summed E-state index contributed by atoms with van der Waals surface area (Å²) >= 11 is 0. The molecule has 0 aliphatic carbocycles. The van der Waals surface area contributed by atoms with Crippen LogP contribution in [-0.2, 0) is 10.6 Å². The fraction of sp³-hybridized carbons (Fsp3) is 0.455. The van der Waals surface area contributed by atoms with E-state index < -0.39 is 64.9 Å². The zero-order chi connectivity index (χ0) is 22.7. The van der Waals surface area contributed by atoms with Crippen molar-refractivity contribution in [1.29, 1.82) is 0 Å². The summed E-state index contributed by atoms with van der Waals surface area (Å²) in [7, 11) is 0. The van der Waals surface area contributed by atoms with Gasteiger partial charge in [0.05, 0.1) is 0 Å². The first-order valence-corrected chi connectivity index (χ1v) is 5.93. The lowest BCUT2D eigenvalue weighted by Gasteiger charge is -2.35. The molecule has 0 aliphatic heterocycles. The molecule has 162 valence electrons. The molecule has 0 heterocycles. The second-order valence-electron chi connectivity index (χ2n) is 4.73. The maximum atomic E-state index is 14.0. The molecule has 17 heteroatoms. The van der Waals surface area contributed by atoms with E-state index in [4.69, 9.17) is 0 Å². The second-order valence-corrected chi connectivity index (χ2v) is 4.73. The Morgan fingerprint density at radius 3 is 1.07 bits per heavy atom. The van der Waals surface area contributed by atoms with Crippen molar-refractivity contribution in [2.45, 2.75) is 30.2 Å². The molecule has 0 N–H and O–H groups in total. The van der Waals surface area contributed by atoms with Gasteiger partial charge < -0.3 is 0 Å². The third kappa shape index (κ3) is 3.43. The summed E-state index contributed by atoms with van der Waals surface area (Å²) in [5.74, 6) is -32.2. The van der Waals surface area contributed by atoms with Gasteiger partial charge in [-0.15, -0.1) is 0 Å². The Morgan fingerprint density at radius 1 is 0.464 bits per heavy atom. The minimum Gasteiger partial charge on any atom is -0.265 e. The first-order valence-electron chi connectivity index (χ1n) is 5.93. The van der Waals surface area contributed by atoms with Crippen LogP contribution >= 0.6 is 0 Å². The lowest BCUT2D eigenvalue weighted by atomic mass is 10.0. The maximum Gasteiger partial charge on any atom is 0.462 e. The minimum absolute atomic E-state index is 1.75. The van der Waals surface area contributed by atoms with E-state index in [1.165, 1.54) is 0 Å². The highest BCUT2D eigenvalue weighted by Gasteiger charge is 2.79. The van der Waals surface area contributed by atoms with Gasteiger partial charge in [0, 0.05) is 0 Å². The van der Waals surface area contributed by atoms with E-state index >= 15 is 0 Å². The third-order valence-electron chi connectivity index (χ3n) is 2.89. The number of ether oxygens (including phenoxy) is 1. The normalized spacial score (nSPS) is 16.3. The molecule has 1 unspecified atom stereocenters. The molecule has 0 saturated heterocycles. The number of alkyl halides is 11. The first kappa shape index (κ1) is 24.1. The van der Waals surface area contributed by atoms with Crippen molar-refractivity contribution >= 4 is 0 Å². The third-order valence-corrected chi connectivity index (χ3v) is 2.89. The predicted molar refractivity (Wildman–Crippen MR) is 52.1 cm³/mol. The maximum absolute atomic E-state index is 14.0. The Bertz CT molecular complexity index is 732. The molecule has 0 bridgehead atoms. The van der Waals surface area contributed by atoms with Crippen LogP contribution in [0.1, 0.15) is 5.56 Å². The van der Waals surface area contributed by atoms with E-state index in [1.54, 1.807) is 4.74 Å². The van der Waals surface area contributed by atoms with E-state index in [1.807, 2.05) is 0 Å². The molecular weight excluding hydrogens is 452 g/mol. The SMILES string of the molecule is Fc1c(F)c(F)c(C(F)(OC(F)(F)C(F)(F)C(F)(F)F)C(F)(F)F)c(F)c1F. The van der Waals surface area contributed by atoms with Crippen molar-refractivity contribution in [3.8, 4) is 0 Å². The molecule has 1 aromatic carbocycles. The number of benzene rings is 1. The van der Waals surface area contributed by atoms with Crippen LogP contribution in [0.2, 0.25) is 0 Å². The Labute approximate surface area is 141 Å². The lowest BCUT2D eigenvalue weighted by molar-refractivity contribution is -0.488. The highest BCUT2D eigenvalue weighted by atomic mass is 19.4. The van der Waals surface area contributed by atoms with Gasteiger partial charge in [-0.05, 0) is 0 Å². The van der Waals surface area contributed by atoms with E-state index in [-0.39, 0.29) is 0 Å². The van der Waals surface area contributed by atoms with Crippen LogP contribution in [0.4, 0.5) is 70.2 Å². The summed E-state index contributed by atoms with van der Waals surface area (Å²) in [4.78, 5) is 0. The van der Waals surface area contributed by atoms with Crippen LogP contribution in [-0.4, -0.2) is 24.4 Å². The zero-order valence-corrected chi connectivity index (χ0v) is 12.0. The van der Waals surface area contributed by atoms with Gasteiger partial charge >= 0.3 is 30.2 Å². The zero-order valence-electron chi connectivity index (χ0n) is 12.0. The standard InChI is InChI=1S/C11F16O/c12-2-1(3(13)5(15)6(16)4(2)14)7(17,9(20,21)22)28-11(26,27)8(18,19)10(23,24)25. The highest BCUT2D eigenvalue weighted by molar-refractivity contribution is 5.29. The summed E-state index contributed by atoms with van der Waals surface area (Å²) < 4.78 is 206. The van der Waals surface area contributed by atoms with Gasteiger partial charge in [-0.2, -0.15) is 48.3 Å². The lowest BCUT2D eigenvalue weighted by Crippen LogP contribution is -2.58. The van der Waals surface area contributed by atoms with Crippen molar-refractivity contribution in [1.82, 2.24) is 0 Å². The molecule has 1 atom stereocenters. The van der Waals surface area contributed by atoms with Gasteiger partial charge in [0.1, 0.15) is 5.56 Å². The second kappa shape index (κ2) is 6.55. The first-order chi connectivity index (χ1) is 12.1. The van der Waals surface area contributed by atoms with Crippen molar-refractivity contribution in [3.05, 3.63) is 34.6 Å². The smallest absolute Gasteiger partial charge is 0.265 e. The van der Waals surface area contributed by atoms with Gasteiger partial charge in [-0.25, -0.2) is 22.0 Å². The topological polar surface area (TPSA) is 9.23 Å². The van der Waals surface area contributed by atoms with E-state index in [0.29, 0.717) is 0 Å². The molecule has 1 aromatic rings.